The van der Waals surface area contributed by atoms with Crippen LogP contribution in [0, 0.1) is 5.82 Å². The maximum Gasteiger partial charge on any atom is 0.338 e. The van der Waals surface area contributed by atoms with Crippen LogP contribution >= 0.6 is 0 Å². The molecular formula is C20H19FN2O3. The summed E-state index contributed by atoms with van der Waals surface area (Å²) in [6.07, 6.45) is 0. The van der Waals surface area contributed by atoms with Crippen LogP contribution in [0.4, 0.5) is 14.9 Å². The third-order valence-corrected chi connectivity index (χ3v) is 4.20. The summed E-state index contributed by atoms with van der Waals surface area (Å²) in [4.78, 5) is 26.8. The van der Waals surface area contributed by atoms with E-state index in [0.717, 1.165) is 0 Å². The molecule has 2 aromatic carbocycles. The van der Waals surface area contributed by atoms with Gasteiger partial charge in [-0.3, -0.25) is 4.90 Å². The van der Waals surface area contributed by atoms with Gasteiger partial charge in [0.15, 0.2) is 0 Å². The van der Waals surface area contributed by atoms with Crippen molar-refractivity contribution >= 4 is 17.7 Å². The standard InChI is InChI=1S/C20H19FN2O3/c1-3-26-19(24)17-13(2)23(16-7-5-4-6-8-16)20(25)22-18(17)14-9-11-15(21)12-10-14/h4-12,18H,3H2,1-2H3,(H,22,25). The van der Waals surface area contributed by atoms with Crippen molar-refractivity contribution in [3.63, 3.8) is 0 Å². The predicted molar refractivity (Wildman–Crippen MR) is 95.9 cm³/mol. The molecule has 3 rings (SSSR count). The Morgan fingerprint density at radius 1 is 1.15 bits per heavy atom. The zero-order valence-corrected chi connectivity index (χ0v) is 14.5. The molecule has 0 bridgehead atoms. The number of esters is 1. The minimum absolute atomic E-state index is 0.213. The van der Waals surface area contributed by atoms with E-state index in [4.69, 9.17) is 4.74 Å². The van der Waals surface area contributed by atoms with Crippen LogP contribution in [0.3, 0.4) is 0 Å². The first-order chi connectivity index (χ1) is 12.5. The van der Waals surface area contributed by atoms with Gasteiger partial charge in [0.2, 0.25) is 0 Å². The monoisotopic (exact) mass is 354 g/mol. The van der Waals surface area contributed by atoms with Crippen LogP contribution in [0.25, 0.3) is 0 Å². The number of amides is 2. The molecule has 1 atom stereocenters. The Kier molecular flexibility index (Phi) is 5.02. The number of urea groups is 1. The normalized spacial score (nSPS) is 17.1. The molecule has 1 N–H and O–H groups in total. The molecule has 0 saturated carbocycles. The SMILES string of the molecule is CCOC(=O)C1=C(C)N(c2ccccc2)C(=O)NC1c1ccc(F)cc1. The summed E-state index contributed by atoms with van der Waals surface area (Å²) in [6.45, 7) is 3.64. The van der Waals surface area contributed by atoms with Crippen LogP contribution in [0.15, 0.2) is 65.9 Å². The lowest BCUT2D eigenvalue weighted by atomic mass is 9.94. The van der Waals surface area contributed by atoms with E-state index in [2.05, 4.69) is 5.32 Å². The number of hydrogen-bond acceptors (Lipinski definition) is 3. The average Bonchev–Trinajstić information content (AvgIpc) is 2.63. The largest absolute Gasteiger partial charge is 0.463 e. The van der Waals surface area contributed by atoms with Gasteiger partial charge in [0.1, 0.15) is 5.82 Å². The zero-order valence-electron chi connectivity index (χ0n) is 14.5. The molecule has 1 aliphatic heterocycles. The van der Waals surface area contributed by atoms with E-state index in [-0.39, 0.29) is 18.5 Å². The number of nitrogens with one attached hydrogen (secondary N) is 1. The second kappa shape index (κ2) is 7.39. The molecule has 0 saturated heterocycles. The van der Waals surface area contributed by atoms with E-state index in [0.29, 0.717) is 22.5 Å². The fraction of sp³-hybridized carbons (Fsp3) is 0.200. The van der Waals surface area contributed by atoms with Gasteiger partial charge in [-0.25, -0.2) is 14.0 Å². The van der Waals surface area contributed by atoms with Gasteiger partial charge < -0.3 is 10.1 Å². The third kappa shape index (κ3) is 3.31. The zero-order chi connectivity index (χ0) is 18.7. The molecule has 2 aromatic rings. The highest BCUT2D eigenvalue weighted by atomic mass is 19.1. The molecule has 0 fully saturated rings. The fourth-order valence-corrected chi connectivity index (χ4v) is 3.01. The predicted octanol–water partition coefficient (Wildman–Crippen LogP) is 3.93. The lowest BCUT2D eigenvalue weighted by Crippen LogP contribution is -2.48. The molecule has 5 nitrogen and oxygen atoms in total. The molecular weight excluding hydrogens is 335 g/mol. The summed E-state index contributed by atoms with van der Waals surface area (Å²) in [5, 5.41) is 2.83. The smallest absolute Gasteiger partial charge is 0.338 e. The Morgan fingerprint density at radius 2 is 1.81 bits per heavy atom. The minimum atomic E-state index is -0.706. The van der Waals surface area contributed by atoms with E-state index in [1.165, 1.54) is 17.0 Å². The molecule has 6 heteroatoms. The highest BCUT2D eigenvalue weighted by molar-refractivity contribution is 6.03. The summed E-state index contributed by atoms with van der Waals surface area (Å²) in [5.41, 5.74) is 2.05. The second-order valence-corrected chi connectivity index (χ2v) is 5.82. The summed E-state index contributed by atoms with van der Waals surface area (Å²) < 4.78 is 18.5. The fourth-order valence-electron chi connectivity index (χ4n) is 3.01. The minimum Gasteiger partial charge on any atom is -0.463 e. The van der Waals surface area contributed by atoms with Crippen molar-refractivity contribution in [3.05, 3.63) is 77.2 Å². The van der Waals surface area contributed by atoms with E-state index < -0.39 is 12.0 Å². The number of allylic oxidation sites excluding steroid dienone is 1. The number of nitrogens with zero attached hydrogens (tertiary/aromatic N) is 1. The molecule has 2 amide bonds. The Balaban J connectivity index is 2.11. The number of hydrogen-bond donors (Lipinski definition) is 1. The van der Waals surface area contributed by atoms with E-state index in [1.807, 2.05) is 18.2 Å². The van der Waals surface area contributed by atoms with Crippen molar-refractivity contribution < 1.29 is 18.7 Å². The highest BCUT2D eigenvalue weighted by Gasteiger charge is 2.37. The number of ether oxygens (including phenoxy) is 1. The lowest BCUT2D eigenvalue weighted by Gasteiger charge is -2.35. The Labute approximate surface area is 151 Å². The second-order valence-electron chi connectivity index (χ2n) is 5.82. The van der Waals surface area contributed by atoms with Gasteiger partial charge in [-0.1, -0.05) is 30.3 Å². The number of carbonyl (C=O) groups excluding carboxylic acids is 2. The van der Waals surface area contributed by atoms with E-state index >= 15 is 0 Å². The molecule has 0 aliphatic carbocycles. The Bertz CT molecular complexity index is 847. The first-order valence-corrected chi connectivity index (χ1v) is 8.32. The molecule has 0 aromatic heterocycles. The van der Waals surface area contributed by atoms with Crippen LogP contribution < -0.4 is 10.2 Å². The van der Waals surface area contributed by atoms with Crippen molar-refractivity contribution in [1.82, 2.24) is 5.32 Å². The first kappa shape index (κ1) is 17.7. The average molecular weight is 354 g/mol. The quantitative estimate of drug-likeness (QED) is 0.846. The molecule has 1 heterocycles. The molecule has 1 unspecified atom stereocenters. The van der Waals surface area contributed by atoms with Crippen molar-refractivity contribution in [2.75, 3.05) is 11.5 Å². The Hall–Kier alpha value is -3.15. The molecule has 0 radical (unpaired) electrons. The molecule has 1 aliphatic rings. The van der Waals surface area contributed by atoms with Gasteiger partial charge in [-0.2, -0.15) is 0 Å². The number of rotatable bonds is 4. The summed E-state index contributed by atoms with van der Waals surface area (Å²) in [5.74, 6) is -0.902. The third-order valence-electron chi connectivity index (χ3n) is 4.20. The number of halogens is 1. The van der Waals surface area contributed by atoms with E-state index in [1.54, 1.807) is 38.1 Å². The number of carbonyl (C=O) groups is 2. The van der Waals surface area contributed by atoms with Crippen molar-refractivity contribution in [1.29, 1.82) is 0 Å². The summed E-state index contributed by atoms with van der Waals surface area (Å²) in [6, 6.07) is 13.6. The van der Waals surface area contributed by atoms with Crippen molar-refractivity contribution in [2.45, 2.75) is 19.9 Å². The van der Waals surface area contributed by atoms with Crippen molar-refractivity contribution in [3.8, 4) is 0 Å². The van der Waals surface area contributed by atoms with Crippen molar-refractivity contribution in [2.24, 2.45) is 0 Å². The molecule has 26 heavy (non-hydrogen) atoms. The van der Waals surface area contributed by atoms with Gasteiger partial charge in [-0.15, -0.1) is 0 Å². The van der Waals surface area contributed by atoms with Gasteiger partial charge in [0, 0.05) is 5.70 Å². The topological polar surface area (TPSA) is 58.6 Å². The number of para-hydroxylation sites is 1. The number of anilines is 1. The van der Waals surface area contributed by atoms with Crippen LogP contribution in [0.5, 0.6) is 0 Å². The summed E-state index contributed by atoms with van der Waals surface area (Å²) in [7, 11) is 0. The maximum atomic E-state index is 13.3. The maximum absolute atomic E-state index is 13.3. The van der Waals surface area contributed by atoms with Crippen LogP contribution in [-0.4, -0.2) is 18.6 Å². The molecule has 0 spiro atoms. The highest BCUT2D eigenvalue weighted by Crippen LogP contribution is 2.34. The van der Waals surface area contributed by atoms with Crippen LogP contribution in [0.1, 0.15) is 25.5 Å². The van der Waals surface area contributed by atoms with E-state index in [9.17, 15) is 14.0 Å². The van der Waals surface area contributed by atoms with Gasteiger partial charge in [0.25, 0.3) is 0 Å². The van der Waals surface area contributed by atoms with Crippen LogP contribution in [0.2, 0.25) is 0 Å². The van der Waals surface area contributed by atoms with Gasteiger partial charge in [-0.05, 0) is 43.7 Å². The van der Waals surface area contributed by atoms with Crippen LogP contribution in [-0.2, 0) is 9.53 Å². The molecule has 134 valence electrons. The Morgan fingerprint density at radius 3 is 2.42 bits per heavy atom. The number of benzene rings is 2. The first-order valence-electron chi connectivity index (χ1n) is 8.32. The lowest BCUT2D eigenvalue weighted by molar-refractivity contribution is -0.139. The van der Waals surface area contributed by atoms with Gasteiger partial charge >= 0.3 is 12.0 Å². The van der Waals surface area contributed by atoms with Gasteiger partial charge in [0.05, 0.1) is 23.9 Å². The summed E-state index contributed by atoms with van der Waals surface area (Å²) >= 11 is 0.